The van der Waals surface area contributed by atoms with E-state index in [4.69, 9.17) is 32.7 Å². The zero-order valence-electron chi connectivity index (χ0n) is 24.3. The maximum atomic E-state index is 14.4. The van der Waals surface area contributed by atoms with E-state index in [1.54, 1.807) is 72.8 Å². The average Bonchev–Trinajstić information content (AvgIpc) is 3.22. The number of hydrogen-bond donors (Lipinski definition) is 0. The van der Waals surface area contributed by atoms with Gasteiger partial charge < -0.3 is 19.3 Å². The fourth-order valence-electron chi connectivity index (χ4n) is 5.47. The Morgan fingerprint density at radius 3 is 2.47 bits per heavy atom. The van der Waals surface area contributed by atoms with E-state index in [0.717, 1.165) is 11.1 Å². The van der Waals surface area contributed by atoms with Gasteiger partial charge in [-0.2, -0.15) is 0 Å². The molecule has 1 unspecified atom stereocenters. The highest BCUT2D eigenvalue weighted by Crippen LogP contribution is 2.49. The summed E-state index contributed by atoms with van der Waals surface area (Å²) < 4.78 is 10.9. The number of amides is 2. The third-order valence-corrected chi connectivity index (χ3v) is 8.37. The quantitative estimate of drug-likeness (QED) is 0.191. The van der Waals surface area contributed by atoms with E-state index in [-0.39, 0.29) is 30.8 Å². The number of anilines is 1. The monoisotopic (exact) mass is 639 g/mol. The first-order valence-electron chi connectivity index (χ1n) is 13.5. The van der Waals surface area contributed by atoms with E-state index in [1.807, 2.05) is 44.2 Å². The third kappa shape index (κ3) is 6.03. The number of aromatic nitrogens is 1. The minimum absolute atomic E-state index is 0. The van der Waals surface area contributed by atoms with E-state index in [2.05, 4.69) is 4.98 Å². The molecule has 1 atom stereocenters. The lowest BCUT2D eigenvalue weighted by molar-refractivity contribution is -0.121. The van der Waals surface area contributed by atoms with Crippen LogP contribution in [0.1, 0.15) is 46.5 Å². The molecule has 0 fully saturated rings. The number of pyridine rings is 1. The number of nitrogens with zero attached hydrogens (tertiary/aromatic N) is 3. The van der Waals surface area contributed by atoms with E-state index in [9.17, 15) is 9.59 Å². The summed E-state index contributed by atoms with van der Waals surface area (Å²) in [6, 6.07) is 19.8. The molecule has 7 nitrogen and oxygen atoms in total. The van der Waals surface area contributed by atoms with Crippen molar-refractivity contribution in [2.45, 2.75) is 32.4 Å². The largest absolute Gasteiger partial charge is 0.497 e. The Balaban J connectivity index is 0.00000423. The van der Waals surface area contributed by atoms with Crippen molar-refractivity contribution in [2.75, 3.05) is 25.7 Å². The summed E-state index contributed by atoms with van der Waals surface area (Å²) in [4.78, 5) is 35.7. The Morgan fingerprint density at radius 2 is 1.79 bits per heavy atom. The third-order valence-electron chi connectivity index (χ3n) is 7.80. The van der Waals surface area contributed by atoms with Crippen LogP contribution in [0.2, 0.25) is 10.0 Å². The molecule has 1 aliphatic rings. The van der Waals surface area contributed by atoms with Gasteiger partial charge in [-0.15, -0.1) is 12.4 Å². The van der Waals surface area contributed by atoms with Gasteiger partial charge in [-0.05, 0) is 85.1 Å². The molecular weight excluding hydrogens is 609 g/mol. The molecule has 2 amide bonds. The predicted octanol–water partition coefficient (Wildman–Crippen LogP) is 7.34. The second-order valence-electron chi connectivity index (χ2n) is 10.2. The average molecular weight is 641 g/mol. The van der Waals surface area contributed by atoms with Crippen LogP contribution in [0.25, 0.3) is 0 Å². The lowest BCUT2D eigenvalue weighted by atomic mass is 9.76. The van der Waals surface area contributed by atoms with Gasteiger partial charge in [0.1, 0.15) is 16.9 Å². The van der Waals surface area contributed by atoms with Gasteiger partial charge in [0, 0.05) is 58.4 Å². The molecule has 1 aliphatic heterocycles. The van der Waals surface area contributed by atoms with Crippen molar-refractivity contribution < 1.29 is 19.1 Å². The van der Waals surface area contributed by atoms with Crippen molar-refractivity contribution in [3.05, 3.63) is 117 Å². The van der Waals surface area contributed by atoms with E-state index in [0.29, 0.717) is 57.0 Å². The van der Waals surface area contributed by atoms with Gasteiger partial charge in [0.05, 0.1) is 20.8 Å². The first-order valence-corrected chi connectivity index (χ1v) is 14.3. The van der Waals surface area contributed by atoms with Crippen LogP contribution in [-0.4, -0.2) is 42.5 Å². The van der Waals surface area contributed by atoms with Crippen LogP contribution in [0, 0.1) is 0 Å². The highest BCUT2D eigenvalue weighted by molar-refractivity contribution is 6.33. The molecule has 0 aliphatic carbocycles. The highest BCUT2D eigenvalue weighted by atomic mass is 35.5. The number of hydrogen-bond acceptors (Lipinski definition) is 5. The van der Waals surface area contributed by atoms with Crippen LogP contribution in [0.4, 0.5) is 5.69 Å². The number of carbonyl (C=O) groups is 2. The Hall–Kier alpha value is -3.78. The second kappa shape index (κ2) is 13.2. The second-order valence-corrected chi connectivity index (χ2v) is 11.1. The van der Waals surface area contributed by atoms with Crippen molar-refractivity contribution >= 4 is 53.1 Å². The zero-order chi connectivity index (χ0) is 30.0. The minimum Gasteiger partial charge on any atom is -0.497 e. The van der Waals surface area contributed by atoms with E-state index >= 15 is 0 Å². The van der Waals surface area contributed by atoms with Crippen LogP contribution in [0.15, 0.2) is 79.1 Å². The minimum atomic E-state index is -1.20. The number of fused-ring (bicyclic) bond motifs is 1. The molecule has 5 rings (SSSR count). The molecule has 0 N–H and O–H groups in total. The number of methoxy groups -OCH3 is 2. The molecule has 0 radical (unpaired) electrons. The van der Waals surface area contributed by atoms with Gasteiger partial charge in [-0.25, -0.2) is 0 Å². The summed E-state index contributed by atoms with van der Waals surface area (Å²) >= 11 is 13.3. The van der Waals surface area contributed by atoms with Crippen molar-refractivity contribution in [3.63, 3.8) is 0 Å². The summed E-state index contributed by atoms with van der Waals surface area (Å²) in [6.07, 6.45) is 3.44. The van der Waals surface area contributed by atoms with Crippen molar-refractivity contribution in [3.8, 4) is 11.5 Å². The predicted molar refractivity (Wildman–Crippen MR) is 172 cm³/mol. The van der Waals surface area contributed by atoms with E-state index in [1.165, 1.54) is 0 Å². The van der Waals surface area contributed by atoms with Crippen LogP contribution < -0.4 is 14.4 Å². The Bertz CT molecular complexity index is 1650. The summed E-state index contributed by atoms with van der Waals surface area (Å²) in [6.45, 7) is 4.92. The van der Waals surface area contributed by atoms with Gasteiger partial charge in [-0.1, -0.05) is 29.3 Å². The molecule has 1 aromatic heterocycles. The van der Waals surface area contributed by atoms with Crippen molar-refractivity contribution in [1.82, 2.24) is 9.88 Å². The van der Waals surface area contributed by atoms with Crippen molar-refractivity contribution in [1.29, 1.82) is 0 Å². The number of ether oxygens (including phenoxy) is 2. The fourth-order valence-corrected chi connectivity index (χ4v) is 5.95. The first-order chi connectivity index (χ1) is 20.2. The van der Waals surface area contributed by atoms with Gasteiger partial charge >= 0.3 is 0 Å². The molecule has 4 aromatic rings. The van der Waals surface area contributed by atoms with Crippen LogP contribution in [0.5, 0.6) is 11.5 Å². The highest BCUT2D eigenvalue weighted by Gasteiger charge is 2.50. The number of halogens is 3. The Labute approximate surface area is 267 Å². The van der Waals surface area contributed by atoms with E-state index < -0.39 is 5.41 Å². The number of rotatable bonds is 9. The molecule has 0 saturated carbocycles. The molecule has 3 aromatic carbocycles. The van der Waals surface area contributed by atoms with Gasteiger partial charge in [0.2, 0.25) is 5.91 Å². The van der Waals surface area contributed by atoms with Gasteiger partial charge in [-0.3, -0.25) is 14.6 Å². The lowest BCUT2D eigenvalue weighted by Crippen LogP contribution is -2.39. The van der Waals surface area contributed by atoms with Gasteiger partial charge in [0.25, 0.3) is 5.91 Å². The molecular formula is C33H32Cl3N3O4. The Kier molecular flexibility index (Phi) is 9.90. The Morgan fingerprint density at radius 1 is 1.00 bits per heavy atom. The molecule has 224 valence electrons. The topological polar surface area (TPSA) is 72.0 Å². The first kappa shape index (κ1) is 32.1. The fraction of sp³-hybridized carbons (Fsp3) is 0.242. The van der Waals surface area contributed by atoms with Crippen LogP contribution in [0.3, 0.4) is 0 Å². The molecule has 0 bridgehead atoms. The van der Waals surface area contributed by atoms with Gasteiger partial charge in [0.15, 0.2) is 0 Å². The number of benzene rings is 3. The van der Waals surface area contributed by atoms with Crippen LogP contribution in [-0.2, 0) is 23.3 Å². The molecule has 0 spiro atoms. The number of carbonyl (C=O) groups excluding carboxylic acids is 2. The lowest BCUT2D eigenvalue weighted by Gasteiger charge is -2.28. The van der Waals surface area contributed by atoms with Crippen molar-refractivity contribution in [2.24, 2.45) is 0 Å². The molecule has 10 heteroatoms. The maximum Gasteiger partial charge on any atom is 0.254 e. The maximum absolute atomic E-state index is 14.4. The van der Waals surface area contributed by atoms with Crippen LogP contribution >= 0.6 is 35.6 Å². The summed E-state index contributed by atoms with van der Waals surface area (Å²) in [5, 5.41) is 0.876. The molecule has 43 heavy (non-hydrogen) atoms. The summed E-state index contributed by atoms with van der Waals surface area (Å²) in [7, 11) is 3.17. The smallest absolute Gasteiger partial charge is 0.254 e. The molecule has 0 saturated heterocycles. The SMILES string of the molecule is CCN(Cc1cccnc1)C(=O)c1ccc(Cl)c(C2(C)C(=O)N(Cc3ccc(OC)cc3OC)c3ccc(Cl)cc32)c1.Cl. The zero-order valence-corrected chi connectivity index (χ0v) is 26.6. The molecule has 2 heterocycles. The standard InChI is InChI=1S/C33H31Cl2N3O4.ClH/c1-5-37(19-21-7-6-14-36-18-21)31(39)22-9-12-28(35)26(15-22)33(2)27-16-24(34)10-13-29(27)38(32(33)40)20-23-8-11-25(41-3)17-30(23)42-4;/h6-18H,5,19-20H2,1-4H3;1H. The normalized spacial score (nSPS) is 15.5. The summed E-state index contributed by atoms with van der Waals surface area (Å²) in [5.74, 6) is 0.898. The summed E-state index contributed by atoms with van der Waals surface area (Å²) in [5.41, 5.74) is 2.92.